The third-order valence-corrected chi connectivity index (χ3v) is 3.46. The summed E-state index contributed by atoms with van der Waals surface area (Å²) in [5, 5.41) is 14.3. The second-order valence-corrected chi connectivity index (χ2v) is 5.96. The van der Waals surface area contributed by atoms with E-state index in [1.54, 1.807) is 26.0 Å². The van der Waals surface area contributed by atoms with Crippen LogP contribution in [0.3, 0.4) is 0 Å². The van der Waals surface area contributed by atoms with Crippen LogP contribution in [0.25, 0.3) is 0 Å². The molecule has 1 atom stereocenters. The van der Waals surface area contributed by atoms with Gasteiger partial charge >= 0.3 is 0 Å². The lowest BCUT2D eigenvalue weighted by Crippen LogP contribution is -2.29. The van der Waals surface area contributed by atoms with E-state index in [4.69, 9.17) is 19.2 Å². The maximum Gasteiger partial charge on any atom is 0.275 e. The fourth-order valence-electron chi connectivity index (χ4n) is 2.22. The van der Waals surface area contributed by atoms with Gasteiger partial charge in [0.1, 0.15) is 26.0 Å². The highest BCUT2D eigenvalue weighted by atomic mass is 16.7. The minimum absolute atomic E-state index is 0.0995. The standard InChI is InChI=1S/C19H28N4O5/c1-12(2)27-19(23-26-7)13(3)21-28-14(4)15-10-8-9-11-16(15)17(22-25-6)18(24)20-5/h8-12,14H,1-7H3,(H,20,24)/b21-13+,22-17-,23-19-. The Morgan fingerprint density at radius 3 is 2.25 bits per heavy atom. The number of hydrogen-bond acceptors (Lipinski definition) is 8. The van der Waals surface area contributed by atoms with Crippen molar-refractivity contribution in [3.8, 4) is 0 Å². The van der Waals surface area contributed by atoms with Crippen LogP contribution >= 0.6 is 0 Å². The van der Waals surface area contributed by atoms with E-state index in [1.807, 2.05) is 26.0 Å². The molecule has 1 aromatic rings. The van der Waals surface area contributed by atoms with Gasteiger partial charge in [0.05, 0.1) is 6.10 Å². The monoisotopic (exact) mass is 392 g/mol. The number of benzene rings is 1. The summed E-state index contributed by atoms with van der Waals surface area (Å²) in [5.41, 5.74) is 1.85. The van der Waals surface area contributed by atoms with E-state index in [9.17, 15) is 4.79 Å². The van der Waals surface area contributed by atoms with Crippen LogP contribution in [-0.2, 0) is 24.0 Å². The Balaban J connectivity index is 3.14. The molecule has 0 fully saturated rings. The topological polar surface area (TPSA) is 103 Å². The number of likely N-dealkylation sites (N-methyl/N-ethyl adjacent to an activating group) is 1. The number of carbonyl (C=O) groups excluding carboxylic acids is 1. The Labute approximate surface area is 165 Å². The number of carbonyl (C=O) groups is 1. The van der Waals surface area contributed by atoms with E-state index >= 15 is 0 Å². The van der Waals surface area contributed by atoms with Gasteiger partial charge in [-0.1, -0.05) is 34.6 Å². The Bertz CT molecular complexity index is 744. The van der Waals surface area contributed by atoms with Crippen LogP contribution in [0.1, 0.15) is 44.9 Å². The predicted octanol–water partition coefficient (Wildman–Crippen LogP) is 2.62. The second kappa shape index (κ2) is 11.6. The molecule has 0 aromatic heterocycles. The van der Waals surface area contributed by atoms with Crippen molar-refractivity contribution in [3.05, 3.63) is 35.4 Å². The van der Waals surface area contributed by atoms with Crippen molar-refractivity contribution in [2.24, 2.45) is 15.5 Å². The molecule has 0 aliphatic heterocycles. The van der Waals surface area contributed by atoms with Crippen LogP contribution in [0.5, 0.6) is 0 Å². The van der Waals surface area contributed by atoms with Gasteiger partial charge in [0.25, 0.3) is 11.8 Å². The zero-order valence-electron chi connectivity index (χ0n) is 17.3. The van der Waals surface area contributed by atoms with Gasteiger partial charge in [0.2, 0.25) is 0 Å². The molecule has 0 heterocycles. The molecule has 0 saturated carbocycles. The van der Waals surface area contributed by atoms with Gasteiger partial charge in [-0.2, -0.15) is 0 Å². The molecule has 9 nitrogen and oxygen atoms in total. The Morgan fingerprint density at radius 1 is 1.04 bits per heavy atom. The summed E-state index contributed by atoms with van der Waals surface area (Å²) in [5.74, 6) is -0.147. The second-order valence-electron chi connectivity index (χ2n) is 5.96. The molecule has 1 unspecified atom stereocenters. The molecule has 0 radical (unpaired) electrons. The molecule has 28 heavy (non-hydrogen) atoms. The summed E-state index contributed by atoms with van der Waals surface area (Å²) in [6.07, 6.45) is -0.585. The van der Waals surface area contributed by atoms with Crippen molar-refractivity contribution >= 4 is 23.2 Å². The van der Waals surface area contributed by atoms with Crippen LogP contribution in [-0.4, -0.2) is 50.6 Å². The number of ether oxygens (including phenoxy) is 1. The Kier molecular flexibility index (Phi) is 9.49. The lowest BCUT2D eigenvalue weighted by molar-refractivity contribution is -0.114. The molecule has 154 valence electrons. The molecule has 0 aliphatic carbocycles. The van der Waals surface area contributed by atoms with Crippen LogP contribution in [0, 0.1) is 0 Å². The molecule has 0 spiro atoms. The summed E-state index contributed by atoms with van der Waals surface area (Å²) in [7, 11) is 4.33. The largest absolute Gasteiger partial charge is 0.472 e. The average molecular weight is 392 g/mol. The molecule has 0 bridgehead atoms. The van der Waals surface area contributed by atoms with Gasteiger partial charge < -0.3 is 24.6 Å². The normalized spacial score (nSPS) is 13.8. The quantitative estimate of drug-likeness (QED) is 0.395. The molecule has 1 aromatic carbocycles. The van der Waals surface area contributed by atoms with Crippen molar-refractivity contribution in [2.45, 2.75) is 39.9 Å². The molecular weight excluding hydrogens is 364 g/mol. The van der Waals surface area contributed by atoms with Gasteiger partial charge in [0, 0.05) is 18.2 Å². The maximum absolute atomic E-state index is 12.2. The van der Waals surface area contributed by atoms with Gasteiger partial charge in [-0.05, 0) is 32.9 Å². The van der Waals surface area contributed by atoms with Gasteiger partial charge in [-0.3, -0.25) is 4.79 Å². The first-order valence-corrected chi connectivity index (χ1v) is 8.76. The molecule has 1 rings (SSSR count). The summed E-state index contributed by atoms with van der Waals surface area (Å²) in [6, 6.07) is 7.23. The number of nitrogens with zero attached hydrogens (tertiary/aromatic N) is 3. The van der Waals surface area contributed by atoms with Crippen molar-refractivity contribution in [1.82, 2.24) is 5.32 Å². The SMILES string of the molecule is CNC(=O)/C(=N\OC)c1ccccc1C(C)O/N=C(C)/C(=N/OC)OC(C)C. The maximum atomic E-state index is 12.2. The highest BCUT2D eigenvalue weighted by Crippen LogP contribution is 2.22. The van der Waals surface area contributed by atoms with Gasteiger partial charge in [-0.25, -0.2) is 0 Å². The van der Waals surface area contributed by atoms with Crippen LogP contribution in [0.15, 0.2) is 39.7 Å². The van der Waals surface area contributed by atoms with E-state index < -0.39 is 6.10 Å². The van der Waals surface area contributed by atoms with E-state index in [-0.39, 0.29) is 23.6 Å². The van der Waals surface area contributed by atoms with Crippen molar-refractivity contribution in [3.63, 3.8) is 0 Å². The molecular formula is C19H28N4O5. The van der Waals surface area contributed by atoms with E-state index in [1.165, 1.54) is 21.3 Å². The first-order valence-electron chi connectivity index (χ1n) is 8.76. The van der Waals surface area contributed by atoms with Crippen molar-refractivity contribution < 1.29 is 24.0 Å². The highest BCUT2D eigenvalue weighted by molar-refractivity contribution is 6.45. The molecule has 0 aliphatic rings. The number of rotatable bonds is 9. The van der Waals surface area contributed by atoms with Crippen molar-refractivity contribution in [2.75, 3.05) is 21.3 Å². The number of nitrogens with one attached hydrogen (secondary N) is 1. The molecule has 1 N–H and O–H groups in total. The number of oxime groups is 3. The van der Waals surface area contributed by atoms with Gasteiger partial charge in [-0.15, -0.1) is 0 Å². The Morgan fingerprint density at radius 2 is 1.68 bits per heavy atom. The first kappa shape index (κ1) is 22.9. The predicted molar refractivity (Wildman–Crippen MR) is 107 cm³/mol. The van der Waals surface area contributed by atoms with E-state index in [0.717, 1.165) is 0 Å². The smallest absolute Gasteiger partial charge is 0.275 e. The van der Waals surface area contributed by atoms with E-state index in [2.05, 4.69) is 20.8 Å². The number of amides is 1. The summed E-state index contributed by atoms with van der Waals surface area (Å²) in [6.45, 7) is 7.24. The summed E-state index contributed by atoms with van der Waals surface area (Å²) < 4.78 is 5.56. The molecule has 1 amide bonds. The highest BCUT2D eigenvalue weighted by Gasteiger charge is 2.21. The average Bonchev–Trinajstić information content (AvgIpc) is 2.68. The van der Waals surface area contributed by atoms with Crippen molar-refractivity contribution in [1.29, 1.82) is 0 Å². The van der Waals surface area contributed by atoms with Crippen LogP contribution in [0.2, 0.25) is 0 Å². The zero-order valence-corrected chi connectivity index (χ0v) is 17.3. The third-order valence-electron chi connectivity index (χ3n) is 3.46. The third kappa shape index (κ3) is 6.57. The Hall–Kier alpha value is -3.10. The summed E-state index contributed by atoms with van der Waals surface area (Å²) >= 11 is 0. The number of hydrogen-bond donors (Lipinski definition) is 1. The van der Waals surface area contributed by atoms with Crippen LogP contribution in [0.4, 0.5) is 0 Å². The minimum atomic E-state index is -0.485. The van der Waals surface area contributed by atoms with E-state index in [0.29, 0.717) is 16.8 Å². The molecule has 9 heteroatoms. The fourth-order valence-corrected chi connectivity index (χ4v) is 2.22. The van der Waals surface area contributed by atoms with Gasteiger partial charge in [0.15, 0.2) is 5.71 Å². The van der Waals surface area contributed by atoms with Crippen LogP contribution < -0.4 is 5.32 Å². The minimum Gasteiger partial charge on any atom is -0.472 e. The lowest BCUT2D eigenvalue weighted by atomic mass is 9.99. The summed E-state index contributed by atoms with van der Waals surface area (Å²) in [4.78, 5) is 27.4. The first-order chi connectivity index (χ1) is 13.3. The fraction of sp³-hybridized carbons (Fsp3) is 0.474. The lowest BCUT2D eigenvalue weighted by Gasteiger charge is -2.16. The zero-order chi connectivity index (χ0) is 21.1. The molecule has 0 saturated heterocycles.